The van der Waals surface area contributed by atoms with Crippen molar-refractivity contribution in [1.82, 2.24) is 0 Å². The first-order chi connectivity index (χ1) is 10.1. The first-order valence-corrected chi connectivity index (χ1v) is 8.39. The van der Waals surface area contributed by atoms with Crippen molar-refractivity contribution in [3.05, 3.63) is 21.9 Å². The topological polar surface area (TPSA) is 103 Å². The molecule has 0 amide bonds. The van der Waals surface area contributed by atoms with Crippen molar-refractivity contribution in [2.24, 2.45) is 27.2 Å². The number of thiophene rings is 1. The highest BCUT2D eigenvalue weighted by atomic mass is 32.1. The number of rotatable bonds is 3. The number of nitrogens with zero attached hydrogens (tertiary/aromatic N) is 2. The van der Waals surface area contributed by atoms with Crippen molar-refractivity contribution in [1.29, 1.82) is 0 Å². The van der Waals surface area contributed by atoms with Gasteiger partial charge in [-0.15, -0.1) is 11.3 Å². The molecular weight excluding hydrogens is 282 g/mol. The predicted octanol–water partition coefficient (Wildman–Crippen LogP) is 3.27. The molecule has 0 aliphatic heterocycles. The van der Waals surface area contributed by atoms with Crippen LogP contribution in [0.1, 0.15) is 52.0 Å². The van der Waals surface area contributed by atoms with Crippen molar-refractivity contribution >= 4 is 23.3 Å². The van der Waals surface area contributed by atoms with E-state index >= 15 is 0 Å². The summed E-state index contributed by atoms with van der Waals surface area (Å²) in [5, 5.41) is 2.11. The monoisotopic (exact) mass is 315 g/mol. The zero-order valence-electron chi connectivity index (χ0n) is 14.6. The predicted molar refractivity (Wildman–Crippen MR) is 99.1 cm³/mol. The van der Waals surface area contributed by atoms with Gasteiger partial charge in [0.25, 0.3) is 0 Å². The van der Waals surface area contributed by atoms with Gasteiger partial charge < -0.3 is 17.2 Å². The Morgan fingerprint density at radius 1 is 1.05 bits per heavy atom. The highest BCUT2D eigenvalue weighted by Gasteiger charge is 1.95. The van der Waals surface area contributed by atoms with Crippen molar-refractivity contribution in [3.63, 3.8) is 0 Å². The lowest BCUT2D eigenvalue weighted by Crippen LogP contribution is -2.26. The summed E-state index contributed by atoms with van der Waals surface area (Å²) in [4.78, 5) is 8.93. The molecule has 0 unspecified atom stereocenters. The number of hydrogen-bond acceptors (Lipinski definition) is 2. The quantitative estimate of drug-likeness (QED) is 0.589. The number of guanidine groups is 2. The molecule has 0 aliphatic carbocycles. The lowest BCUT2D eigenvalue weighted by Gasteiger charge is -1.95. The number of aryl methyl sites for hydroxylation is 1. The van der Waals surface area contributed by atoms with Crippen LogP contribution in [0.2, 0.25) is 0 Å². The van der Waals surface area contributed by atoms with Gasteiger partial charge in [0.05, 0.1) is 0 Å². The summed E-state index contributed by atoms with van der Waals surface area (Å²) in [6, 6.07) is 2.14. The SMILES string of the molecule is CC.CC.CC.Cc1cc(CCN=C(N)N=C(N)N)cs1. The standard InChI is InChI=1S/C9H15N5S.3C2H6/c1-6-4-7(5-15-6)2-3-13-9(12)14-8(10)11;3*1-2/h4-5H,2-3H2,1H3,(H6,10,11,12,13,14);3*1-2H3. The van der Waals surface area contributed by atoms with Gasteiger partial charge in [-0.05, 0) is 30.4 Å². The van der Waals surface area contributed by atoms with Crippen molar-refractivity contribution in [2.75, 3.05) is 6.54 Å². The molecule has 6 N–H and O–H groups in total. The first-order valence-electron chi connectivity index (χ1n) is 7.51. The Morgan fingerprint density at radius 3 is 1.95 bits per heavy atom. The minimum Gasteiger partial charge on any atom is -0.370 e. The molecule has 0 aliphatic rings. The van der Waals surface area contributed by atoms with Gasteiger partial charge in [-0.1, -0.05) is 41.5 Å². The molecular formula is C15H33N5S. The van der Waals surface area contributed by atoms with Gasteiger partial charge in [0.1, 0.15) is 0 Å². The van der Waals surface area contributed by atoms with E-state index in [1.165, 1.54) is 10.4 Å². The third kappa shape index (κ3) is 16.4. The van der Waals surface area contributed by atoms with Crippen LogP contribution < -0.4 is 17.2 Å². The van der Waals surface area contributed by atoms with E-state index in [0.717, 1.165) is 6.42 Å². The van der Waals surface area contributed by atoms with Crippen molar-refractivity contribution in [2.45, 2.75) is 54.9 Å². The molecule has 0 bridgehead atoms. The normalized spacial score (nSPS) is 9.00. The Labute approximate surface area is 134 Å². The fraction of sp³-hybridized carbons (Fsp3) is 0.600. The smallest absolute Gasteiger partial charge is 0.218 e. The molecule has 1 aromatic heterocycles. The van der Waals surface area contributed by atoms with E-state index in [4.69, 9.17) is 17.2 Å². The lowest BCUT2D eigenvalue weighted by molar-refractivity contribution is 0.966. The van der Waals surface area contributed by atoms with Gasteiger partial charge >= 0.3 is 0 Å². The molecule has 0 spiro atoms. The van der Waals surface area contributed by atoms with E-state index in [-0.39, 0.29) is 11.9 Å². The van der Waals surface area contributed by atoms with Crippen molar-refractivity contribution in [3.8, 4) is 0 Å². The molecule has 1 aromatic rings. The second-order valence-electron chi connectivity index (χ2n) is 3.09. The van der Waals surface area contributed by atoms with Crippen molar-refractivity contribution < 1.29 is 0 Å². The van der Waals surface area contributed by atoms with E-state index in [1.54, 1.807) is 11.3 Å². The van der Waals surface area contributed by atoms with Crippen LogP contribution in [0.4, 0.5) is 0 Å². The maximum absolute atomic E-state index is 5.45. The van der Waals surface area contributed by atoms with E-state index < -0.39 is 0 Å². The highest BCUT2D eigenvalue weighted by molar-refractivity contribution is 7.10. The Morgan fingerprint density at radius 2 is 1.57 bits per heavy atom. The maximum Gasteiger partial charge on any atom is 0.218 e. The molecule has 0 radical (unpaired) electrons. The molecule has 21 heavy (non-hydrogen) atoms. The fourth-order valence-corrected chi connectivity index (χ4v) is 1.84. The summed E-state index contributed by atoms with van der Waals surface area (Å²) in [5.74, 6) is 0.0598. The van der Waals surface area contributed by atoms with Crippen LogP contribution in [-0.2, 0) is 6.42 Å². The van der Waals surface area contributed by atoms with Crippen LogP contribution >= 0.6 is 11.3 Å². The third-order valence-corrected chi connectivity index (χ3v) is 2.61. The van der Waals surface area contributed by atoms with Gasteiger partial charge in [0.15, 0.2) is 5.96 Å². The van der Waals surface area contributed by atoms with Gasteiger partial charge in [-0.2, -0.15) is 4.99 Å². The zero-order valence-corrected chi connectivity index (χ0v) is 15.4. The molecule has 1 rings (SSSR count). The van der Waals surface area contributed by atoms with Crippen LogP contribution in [-0.4, -0.2) is 18.5 Å². The molecule has 0 saturated heterocycles. The molecule has 1 heterocycles. The average Bonchev–Trinajstić information content (AvgIpc) is 2.90. The largest absolute Gasteiger partial charge is 0.370 e. The van der Waals surface area contributed by atoms with E-state index in [9.17, 15) is 0 Å². The minimum absolute atomic E-state index is 0.0670. The Kier molecular flexibility index (Phi) is 21.5. The van der Waals surface area contributed by atoms with Gasteiger partial charge in [0.2, 0.25) is 5.96 Å². The maximum atomic E-state index is 5.45. The van der Waals surface area contributed by atoms with Crippen LogP contribution in [0, 0.1) is 6.92 Å². The third-order valence-electron chi connectivity index (χ3n) is 1.70. The second-order valence-corrected chi connectivity index (χ2v) is 4.21. The van der Waals surface area contributed by atoms with E-state index in [0.29, 0.717) is 6.54 Å². The van der Waals surface area contributed by atoms with Crippen LogP contribution in [0.15, 0.2) is 21.4 Å². The summed E-state index contributed by atoms with van der Waals surface area (Å²) in [7, 11) is 0. The summed E-state index contributed by atoms with van der Waals surface area (Å²) in [5.41, 5.74) is 17.0. The lowest BCUT2D eigenvalue weighted by atomic mass is 10.2. The second kappa shape index (κ2) is 18.4. The van der Waals surface area contributed by atoms with Crippen LogP contribution in [0.3, 0.4) is 0 Å². The van der Waals surface area contributed by atoms with Crippen LogP contribution in [0.5, 0.6) is 0 Å². The van der Waals surface area contributed by atoms with Crippen LogP contribution in [0.25, 0.3) is 0 Å². The molecule has 0 saturated carbocycles. The first kappa shape index (κ1) is 24.5. The molecule has 5 nitrogen and oxygen atoms in total. The zero-order chi connectivity index (χ0) is 17.3. The van der Waals surface area contributed by atoms with Gasteiger partial charge in [-0.3, -0.25) is 4.99 Å². The number of nitrogens with two attached hydrogens (primary N) is 3. The molecule has 6 heteroatoms. The number of hydrogen-bond donors (Lipinski definition) is 3. The highest BCUT2D eigenvalue weighted by Crippen LogP contribution is 2.13. The Bertz CT molecular complexity index is 379. The summed E-state index contributed by atoms with van der Waals surface area (Å²) < 4.78 is 0. The van der Waals surface area contributed by atoms with E-state index in [1.807, 2.05) is 41.5 Å². The number of aliphatic imine (C=N–C) groups is 2. The molecule has 0 fully saturated rings. The summed E-state index contributed by atoms with van der Waals surface area (Å²) in [6.07, 6.45) is 0.852. The Hall–Kier alpha value is -1.56. The molecule has 0 atom stereocenters. The molecule has 124 valence electrons. The Balaban J connectivity index is -0.000000478. The van der Waals surface area contributed by atoms with Gasteiger partial charge in [-0.25, -0.2) is 0 Å². The fourth-order valence-electron chi connectivity index (χ4n) is 1.10. The van der Waals surface area contributed by atoms with E-state index in [2.05, 4.69) is 28.4 Å². The minimum atomic E-state index is -0.0670. The summed E-state index contributed by atoms with van der Waals surface area (Å²) in [6.45, 7) is 14.7. The summed E-state index contributed by atoms with van der Waals surface area (Å²) >= 11 is 1.73. The van der Waals surface area contributed by atoms with Gasteiger partial charge in [0, 0.05) is 11.4 Å². The average molecular weight is 316 g/mol. The molecule has 0 aromatic carbocycles.